The molecule has 18 heavy (non-hydrogen) atoms. The quantitative estimate of drug-likeness (QED) is 0.802. The molecule has 0 spiro atoms. The minimum Gasteiger partial charge on any atom is -0.311 e. The Balaban J connectivity index is 1.82. The van der Waals surface area contributed by atoms with Gasteiger partial charge in [0.1, 0.15) is 0 Å². The molecule has 2 aromatic rings. The second-order valence-electron chi connectivity index (χ2n) is 5.58. The first kappa shape index (κ1) is 10.4. The third-order valence-electron chi connectivity index (χ3n) is 4.44. The van der Waals surface area contributed by atoms with Crippen LogP contribution in [0.3, 0.4) is 0 Å². The maximum atomic E-state index is 12.2. The molecule has 4 nitrogen and oxygen atoms in total. The van der Waals surface area contributed by atoms with Gasteiger partial charge in [0.15, 0.2) is 0 Å². The Kier molecular flexibility index (Phi) is 2.14. The third kappa shape index (κ3) is 1.45. The lowest BCUT2D eigenvalue weighted by Crippen LogP contribution is -2.40. The van der Waals surface area contributed by atoms with Crippen molar-refractivity contribution in [3.05, 3.63) is 34.7 Å². The lowest BCUT2D eigenvalue weighted by Gasteiger charge is -2.29. The number of benzene rings is 1. The van der Waals surface area contributed by atoms with Gasteiger partial charge in [-0.25, -0.2) is 4.79 Å². The number of fused-ring (bicyclic) bond motifs is 3. The van der Waals surface area contributed by atoms with Crippen molar-refractivity contribution in [1.82, 2.24) is 14.9 Å². The number of imidazole rings is 1. The average molecular weight is 243 g/mol. The second kappa shape index (κ2) is 3.72. The van der Waals surface area contributed by atoms with Crippen LogP contribution in [-0.2, 0) is 0 Å². The first-order valence-corrected chi connectivity index (χ1v) is 6.76. The smallest absolute Gasteiger partial charge is 0.311 e. The van der Waals surface area contributed by atoms with Crippen molar-refractivity contribution >= 4 is 11.0 Å². The topological polar surface area (TPSA) is 49.8 Å². The number of nitrogens with zero attached hydrogens (tertiary/aromatic N) is 1. The minimum absolute atomic E-state index is 0.0440. The molecule has 1 aromatic heterocycles. The predicted octanol–water partition coefficient (Wildman–Crippen LogP) is 1.79. The molecular weight excluding hydrogens is 226 g/mol. The lowest BCUT2D eigenvalue weighted by atomic mass is 9.99. The van der Waals surface area contributed by atoms with E-state index in [0.717, 1.165) is 23.9 Å². The van der Waals surface area contributed by atoms with Gasteiger partial charge in [-0.2, -0.15) is 0 Å². The zero-order chi connectivity index (χ0) is 12.1. The number of rotatable bonds is 1. The van der Waals surface area contributed by atoms with E-state index in [1.165, 1.54) is 12.8 Å². The van der Waals surface area contributed by atoms with Crippen LogP contribution in [0.15, 0.2) is 29.1 Å². The zero-order valence-electron chi connectivity index (χ0n) is 10.2. The summed E-state index contributed by atoms with van der Waals surface area (Å²) in [5.74, 6) is 0. The maximum Gasteiger partial charge on any atom is 0.326 e. The summed E-state index contributed by atoms with van der Waals surface area (Å²) in [5, 5.41) is 3.62. The van der Waals surface area contributed by atoms with Gasteiger partial charge in [-0.3, -0.25) is 4.57 Å². The summed E-state index contributed by atoms with van der Waals surface area (Å²) in [7, 11) is 0. The number of aromatic nitrogens is 2. The summed E-state index contributed by atoms with van der Waals surface area (Å²) < 4.78 is 1.97. The summed E-state index contributed by atoms with van der Waals surface area (Å²) >= 11 is 0. The molecule has 2 aliphatic heterocycles. The Morgan fingerprint density at radius 3 is 2.61 bits per heavy atom. The van der Waals surface area contributed by atoms with E-state index in [1.807, 2.05) is 28.8 Å². The van der Waals surface area contributed by atoms with Gasteiger partial charge in [0, 0.05) is 18.1 Å². The van der Waals surface area contributed by atoms with E-state index in [2.05, 4.69) is 10.3 Å². The summed E-state index contributed by atoms with van der Waals surface area (Å²) in [4.78, 5) is 15.1. The largest absolute Gasteiger partial charge is 0.326 e. The fraction of sp³-hybridized carbons (Fsp3) is 0.500. The van der Waals surface area contributed by atoms with E-state index in [4.69, 9.17) is 0 Å². The number of nitrogens with one attached hydrogen (secondary N) is 2. The second-order valence-corrected chi connectivity index (χ2v) is 5.58. The first-order valence-electron chi connectivity index (χ1n) is 6.76. The molecule has 0 aliphatic carbocycles. The van der Waals surface area contributed by atoms with Crippen LogP contribution in [0.4, 0.5) is 0 Å². The molecule has 0 unspecified atom stereocenters. The zero-order valence-corrected chi connectivity index (χ0v) is 10.2. The van der Waals surface area contributed by atoms with Crippen molar-refractivity contribution in [2.75, 3.05) is 0 Å². The van der Waals surface area contributed by atoms with Crippen molar-refractivity contribution in [2.24, 2.45) is 0 Å². The summed E-state index contributed by atoms with van der Waals surface area (Å²) in [6.07, 6.45) is 4.69. The molecule has 1 aromatic carbocycles. The molecule has 2 fully saturated rings. The number of piperidine rings is 1. The highest BCUT2D eigenvalue weighted by Crippen LogP contribution is 2.34. The molecule has 3 heterocycles. The molecule has 3 atom stereocenters. The van der Waals surface area contributed by atoms with Gasteiger partial charge in [0.25, 0.3) is 0 Å². The number of hydrogen-bond acceptors (Lipinski definition) is 2. The Morgan fingerprint density at radius 2 is 1.83 bits per heavy atom. The molecule has 0 amide bonds. The molecule has 4 rings (SSSR count). The Labute approximate surface area is 105 Å². The molecular formula is C14H17N3O. The van der Waals surface area contributed by atoms with Gasteiger partial charge < -0.3 is 10.3 Å². The highest BCUT2D eigenvalue weighted by atomic mass is 16.1. The molecule has 2 saturated heterocycles. The molecule has 2 N–H and O–H groups in total. The van der Waals surface area contributed by atoms with E-state index in [0.29, 0.717) is 18.1 Å². The van der Waals surface area contributed by atoms with E-state index >= 15 is 0 Å². The van der Waals surface area contributed by atoms with E-state index < -0.39 is 0 Å². The van der Waals surface area contributed by atoms with Crippen LogP contribution in [0.25, 0.3) is 11.0 Å². The molecule has 4 heteroatoms. The van der Waals surface area contributed by atoms with Gasteiger partial charge in [-0.1, -0.05) is 12.1 Å². The van der Waals surface area contributed by atoms with E-state index in [1.54, 1.807) is 0 Å². The number of para-hydroxylation sites is 2. The van der Waals surface area contributed by atoms with Crippen molar-refractivity contribution in [3.63, 3.8) is 0 Å². The van der Waals surface area contributed by atoms with Gasteiger partial charge in [0.05, 0.1) is 11.0 Å². The third-order valence-corrected chi connectivity index (χ3v) is 4.44. The SMILES string of the molecule is O=c1[nH]c2ccccc2n1[C@@H]1C[C@H]2CC[C@@H](C1)N2. The van der Waals surface area contributed by atoms with Crippen molar-refractivity contribution in [2.45, 2.75) is 43.8 Å². The van der Waals surface area contributed by atoms with Crippen LogP contribution in [-0.4, -0.2) is 21.6 Å². The minimum atomic E-state index is 0.0440. The number of aromatic amines is 1. The van der Waals surface area contributed by atoms with E-state index in [-0.39, 0.29) is 5.69 Å². The first-order chi connectivity index (χ1) is 8.81. The summed E-state index contributed by atoms with van der Waals surface area (Å²) in [6.45, 7) is 0. The Bertz CT molecular complexity index is 630. The number of hydrogen-bond donors (Lipinski definition) is 2. The predicted molar refractivity (Wildman–Crippen MR) is 70.8 cm³/mol. The standard InChI is InChI=1S/C14H17N3O/c18-14-16-12-3-1-2-4-13(12)17(14)11-7-9-5-6-10(8-11)15-9/h1-4,9-11,15H,5-8H2,(H,16,18)/t9-,10+,11-. The van der Waals surface area contributed by atoms with Gasteiger partial charge >= 0.3 is 5.69 Å². The van der Waals surface area contributed by atoms with Crippen LogP contribution in [0.1, 0.15) is 31.7 Å². The van der Waals surface area contributed by atoms with E-state index in [9.17, 15) is 4.79 Å². The van der Waals surface area contributed by atoms with Crippen LogP contribution >= 0.6 is 0 Å². The summed E-state index contributed by atoms with van der Waals surface area (Å²) in [6, 6.07) is 9.55. The molecule has 2 bridgehead atoms. The fourth-order valence-corrected chi connectivity index (χ4v) is 3.67. The monoisotopic (exact) mass is 243 g/mol. The number of H-pyrrole nitrogens is 1. The Morgan fingerprint density at radius 1 is 1.11 bits per heavy atom. The summed E-state index contributed by atoms with van der Waals surface area (Å²) in [5.41, 5.74) is 2.05. The van der Waals surface area contributed by atoms with Crippen LogP contribution < -0.4 is 11.0 Å². The van der Waals surface area contributed by atoms with Gasteiger partial charge in [-0.05, 0) is 37.8 Å². The Hall–Kier alpha value is -1.55. The average Bonchev–Trinajstić information content (AvgIpc) is 2.88. The van der Waals surface area contributed by atoms with Crippen LogP contribution in [0, 0.1) is 0 Å². The normalized spacial score (nSPS) is 31.0. The van der Waals surface area contributed by atoms with Crippen LogP contribution in [0.5, 0.6) is 0 Å². The van der Waals surface area contributed by atoms with Crippen molar-refractivity contribution in [1.29, 1.82) is 0 Å². The lowest BCUT2D eigenvalue weighted by molar-refractivity contribution is 0.299. The van der Waals surface area contributed by atoms with Gasteiger partial charge in [-0.15, -0.1) is 0 Å². The molecule has 0 radical (unpaired) electrons. The fourth-order valence-electron chi connectivity index (χ4n) is 3.67. The molecule has 0 saturated carbocycles. The van der Waals surface area contributed by atoms with Crippen LogP contribution in [0.2, 0.25) is 0 Å². The van der Waals surface area contributed by atoms with Crippen molar-refractivity contribution in [3.8, 4) is 0 Å². The van der Waals surface area contributed by atoms with Gasteiger partial charge in [0.2, 0.25) is 0 Å². The maximum absolute atomic E-state index is 12.2. The molecule has 2 aliphatic rings. The molecule has 94 valence electrons. The highest BCUT2D eigenvalue weighted by molar-refractivity contribution is 5.75. The highest BCUT2D eigenvalue weighted by Gasteiger charge is 2.35. The van der Waals surface area contributed by atoms with Crippen molar-refractivity contribution < 1.29 is 0 Å².